The van der Waals surface area contributed by atoms with Crippen molar-refractivity contribution < 1.29 is 32.9 Å². The molecule has 3 saturated heterocycles. The Bertz CT molecular complexity index is 2030. The van der Waals surface area contributed by atoms with Crippen LogP contribution in [0.25, 0.3) is 32.9 Å². The number of aromatic hydroxyl groups is 1. The molecule has 2 aromatic heterocycles. The molecule has 14 heteroatoms. The molecular weight excluding hydrogens is 660 g/mol. The van der Waals surface area contributed by atoms with Gasteiger partial charge in [-0.2, -0.15) is 9.97 Å². The van der Waals surface area contributed by atoms with Crippen molar-refractivity contribution in [3.05, 3.63) is 41.5 Å². The lowest BCUT2D eigenvalue weighted by atomic mass is 9.95. The van der Waals surface area contributed by atoms with Gasteiger partial charge in [0.05, 0.1) is 18.2 Å². The number of pyridine rings is 1. The third kappa shape index (κ3) is 6.29. The van der Waals surface area contributed by atoms with Gasteiger partial charge in [0.15, 0.2) is 11.6 Å². The predicted molar refractivity (Wildman–Crippen MR) is 188 cm³/mol. The summed E-state index contributed by atoms with van der Waals surface area (Å²) in [5, 5.41) is 13.4. The minimum absolute atomic E-state index is 0.0264. The molecule has 0 saturated carbocycles. The van der Waals surface area contributed by atoms with E-state index >= 15 is 4.39 Å². The molecule has 3 aliphatic heterocycles. The summed E-state index contributed by atoms with van der Waals surface area (Å²) < 4.78 is 49.8. The Morgan fingerprint density at radius 1 is 1.12 bits per heavy atom. The fraction of sp³-hybridized carbons (Fsp3) is 0.459. The fourth-order valence-corrected chi connectivity index (χ4v) is 7.77. The molecule has 2 N–H and O–H groups in total. The van der Waals surface area contributed by atoms with Crippen LogP contribution in [0.3, 0.4) is 0 Å². The van der Waals surface area contributed by atoms with Crippen LogP contribution in [0.4, 0.5) is 19.4 Å². The van der Waals surface area contributed by atoms with E-state index in [0.717, 1.165) is 51.5 Å². The molecular formula is C37H41F2N7O5. The Morgan fingerprint density at radius 2 is 1.96 bits per heavy atom. The SMILES string of the molecule is C#Cc1c(F)ccc2cc(O)cc(-c3nc(OC)c4c(N5CCCCCN5)nc(OCC56CCCN5C(COC(=O)N(C)C)CC6)nc4c3F)c12. The van der Waals surface area contributed by atoms with E-state index in [0.29, 0.717) is 24.3 Å². The molecule has 51 heavy (non-hydrogen) atoms. The summed E-state index contributed by atoms with van der Waals surface area (Å²) in [6.45, 7) is 2.65. The first-order valence-corrected chi connectivity index (χ1v) is 17.3. The lowest BCUT2D eigenvalue weighted by Gasteiger charge is -2.34. The molecule has 0 radical (unpaired) electrons. The lowest BCUT2D eigenvalue weighted by molar-refractivity contribution is 0.0484. The van der Waals surface area contributed by atoms with Crippen molar-refractivity contribution >= 4 is 33.6 Å². The van der Waals surface area contributed by atoms with Gasteiger partial charge in [-0.25, -0.2) is 24.0 Å². The summed E-state index contributed by atoms with van der Waals surface area (Å²) in [5.41, 5.74) is 2.73. The van der Waals surface area contributed by atoms with Crippen LogP contribution in [0, 0.1) is 24.0 Å². The van der Waals surface area contributed by atoms with Crippen molar-refractivity contribution in [2.24, 2.45) is 0 Å². The first kappa shape index (κ1) is 34.4. The summed E-state index contributed by atoms with van der Waals surface area (Å²) in [6, 6.07) is 5.43. The molecule has 268 valence electrons. The average Bonchev–Trinajstić information content (AvgIpc) is 3.56. The molecule has 0 aliphatic carbocycles. The number of hydrogen-bond donors (Lipinski definition) is 2. The highest BCUT2D eigenvalue weighted by atomic mass is 19.1. The minimum atomic E-state index is -0.836. The molecule has 2 aromatic carbocycles. The van der Waals surface area contributed by atoms with E-state index in [1.54, 1.807) is 14.1 Å². The Kier molecular flexibility index (Phi) is 9.43. The van der Waals surface area contributed by atoms with Crippen LogP contribution >= 0.6 is 0 Å². The zero-order valence-corrected chi connectivity index (χ0v) is 29.0. The molecule has 5 heterocycles. The highest BCUT2D eigenvalue weighted by Crippen LogP contribution is 2.44. The number of methoxy groups -OCH3 is 1. The number of carbonyl (C=O) groups is 1. The Balaban J connectivity index is 1.33. The van der Waals surface area contributed by atoms with Gasteiger partial charge in [0.2, 0.25) is 5.88 Å². The number of fused-ring (bicyclic) bond motifs is 3. The highest BCUT2D eigenvalue weighted by molar-refractivity contribution is 6.04. The number of carbonyl (C=O) groups excluding carboxylic acids is 1. The molecule has 0 bridgehead atoms. The maximum atomic E-state index is 17.1. The van der Waals surface area contributed by atoms with Crippen LogP contribution in [0.5, 0.6) is 17.6 Å². The first-order chi connectivity index (χ1) is 24.6. The van der Waals surface area contributed by atoms with Crippen molar-refractivity contribution in [2.75, 3.05) is 59.1 Å². The van der Waals surface area contributed by atoms with Gasteiger partial charge in [-0.3, -0.25) is 9.91 Å². The average molecular weight is 702 g/mol. The van der Waals surface area contributed by atoms with Crippen molar-refractivity contribution in [3.63, 3.8) is 0 Å². The number of amides is 1. The van der Waals surface area contributed by atoms with Crippen LogP contribution in [-0.4, -0.2) is 102 Å². The van der Waals surface area contributed by atoms with Crippen LogP contribution < -0.4 is 19.9 Å². The van der Waals surface area contributed by atoms with Gasteiger partial charge in [0.1, 0.15) is 41.4 Å². The molecule has 0 spiro atoms. The van der Waals surface area contributed by atoms with E-state index in [1.165, 1.54) is 36.3 Å². The van der Waals surface area contributed by atoms with E-state index in [4.69, 9.17) is 25.6 Å². The monoisotopic (exact) mass is 701 g/mol. The minimum Gasteiger partial charge on any atom is -0.508 e. The van der Waals surface area contributed by atoms with Crippen LogP contribution in [0.1, 0.15) is 50.5 Å². The van der Waals surface area contributed by atoms with Crippen LogP contribution in [0.2, 0.25) is 0 Å². The standard InChI is InChI=1S/C37H41F2N7O5/c1-5-25-27(38)11-10-22-18-24(47)19-26(28(22)25)31-30(39)32-29(34(41-31)49-4)33(46-17-8-6-7-15-40-46)43-35(42-32)51-21-37-13-9-16-45(37)23(12-14-37)20-50-36(48)44(2)3/h1,10-11,18-19,23,40,47H,6-9,12-17,20-21H2,2-4H3. The number of benzene rings is 2. The number of phenols is 1. The Hall–Kier alpha value is -5.00. The summed E-state index contributed by atoms with van der Waals surface area (Å²) >= 11 is 0. The second-order valence-corrected chi connectivity index (χ2v) is 13.6. The summed E-state index contributed by atoms with van der Waals surface area (Å²) in [7, 11) is 4.73. The van der Waals surface area contributed by atoms with E-state index in [2.05, 4.69) is 26.2 Å². The quantitative estimate of drug-likeness (QED) is 0.230. The van der Waals surface area contributed by atoms with E-state index < -0.39 is 11.6 Å². The molecule has 3 fully saturated rings. The molecule has 2 unspecified atom stereocenters. The predicted octanol–water partition coefficient (Wildman–Crippen LogP) is 5.39. The normalized spacial score (nSPS) is 20.6. The number of nitrogens with one attached hydrogen (secondary N) is 1. The van der Waals surface area contributed by atoms with Gasteiger partial charge in [0.25, 0.3) is 0 Å². The lowest BCUT2D eigenvalue weighted by Crippen LogP contribution is -2.48. The second-order valence-electron chi connectivity index (χ2n) is 13.6. The molecule has 4 aromatic rings. The van der Waals surface area contributed by atoms with Crippen molar-refractivity contribution in [1.82, 2.24) is 30.2 Å². The number of hydrazine groups is 1. The fourth-order valence-electron chi connectivity index (χ4n) is 7.77. The van der Waals surface area contributed by atoms with E-state index in [1.807, 2.05) is 5.01 Å². The summed E-state index contributed by atoms with van der Waals surface area (Å²) in [6.07, 6.45) is 11.7. The number of aromatic nitrogens is 3. The molecule has 7 rings (SSSR count). The number of phenolic OH excluding ortho intramolecular Hbond substituents is 1. The number of hydrogen-bond acceptors (Lipinski definition) is 11. The van der Waals surface area contributed by atoms with Gasteiger partial charge in [0, 0.05) is 44.2 Å². The van der Waals surface area contributed by atoms with Crippen molar-refractivity contribution in [3.8, 4) is 41.2 Å². The van der Waals surface area contributed by atoms with Gasteiger partial charge in [-0.05, 0) is 68.7 Å². The Labute approximate surface area is 294 Å². The molecule has 12 nitrogen and oxygen atoms in total. The largest absolute Gasteiger partial charge is 0.508 e. The third-order valence-corrected chi connectivity index (χ3v) is 10.2. The summed E-state index contributed by atoms with van der Waals surface area (Å²) in [5.74, 6) is 1.08. The number of nitrogens with zero attached hydrogens (tertiary/aromatic N) is 6. The van der Waals surface area contributed by atoms with Crippen LogP contribution in [-0.2, 0) is 4.74 Å². The zero-order valence-electron chi connectivity index (χ0n) is 29.0. The maximum absolute atomic E-state index is 17.1. The van der Waals surface area contributed by atoms with Gasteiger partial charge in [-0.1, -0.05) is 18.4 Å². The number of rotatable bonds is 8. The van der Waals surface area contributed by atoms with Gasteiger partial charge in [-0.15, -0.1) is 6.42 Å². The maximum Gasteiger partial charge on any atom is 0.409 e. The zero-order chi connectivity index (χ0) is 35.9. The van der Waals surface area contributed by atoms with E-state index in [9.17, 15) is 14.3 Å². The van der Waals surface area contributed by atoms with Crippen LogP contribution in [0.15, 0.2) is 24.3 Å². The molecule has 3 aliphatic rings. The Morgan fingerprint density at radius 3 is 2.75 bits per heavy atom. The van der Waals surface area contributed by atoms with Gasteiger partial charge < -0.3 is 24.2 Å². The molecule has 1 amide bonds. The van der Waals surface area contributed by atoms with E-state index in [-0.39, 0.29) is 81.6 Å². The summed E-state index contributed by atoms with van der Waals surface area (Å²) in [4.78, 5) is 29.9. The third-order valence-electron chi connectivity index (χ3n) is 10.2. The first-order valence-electron chi connectivity index (χ1n) is 17.3. The van der Waals surface area contributed by atoms with Crippen molar-refractivity contribution in [2.45, 2.75) is 56.5 Å². The smallest absolute Gasteiger partial charge is 0.409 e. The number of anilines is 1. The topological polar surface area (TPSA) is 125 Å². The van der Waals surface area contributed by atoms with Crippen molar-refractivity contribution in [1.29, 1.82) is 0 Å². The number of ether oxygens (including phenoxy) is 3. The molecule has 2 atom stereocenters. The van der Waals surface area contributed by atoms with Gasteiger partial charge >= 0.3 is 12.1 Å². The second kappa shape index (κ2) is 14.0. The highest BCUT2D eigenvalue weighted by Gasteiger charge is 2.50. The number of halogens is 2. The number of terminal acetylenes is 1.